The van der Waals surface area contributed by atoms with E-state index in [-0.39, 0.29) is 5.82 Å². The third-order valence-electron chi connectivity index (χ3n) is 3.64. The smallest absolute Gasteiger partial charge is 0.173 e. The zero-order chi connectivity index (χ0) is 13.7. The molecule has 0 amide bonds. The van der Waals surface area contributed by atoms with E-state index in [1.165, 1.54) is 6.07 Å². The van der Waals surface area contributed by atoms with E-state index in [0.29, 0.717) is 5.65 Å². The lowest BCUT2D eigenvalue weighted by Crippen LogP contribution is -1.97. The Balaban J connectivity index is 1.94. The number of imidazole rings is 1. The van der Waals surface area contributed by atoms with Gasteiger partial charge in [-0.25, -0.2) is 19.3 Å². The van der Waals surface area contributed by atoms with Crippen LogP contribution in [0.3, 0.4) is 0 Å². The van der Waals surface area contributed by atoms with Crippen LogP contribution in [0, 0.1) is 12.7 Å². The number of rotatable bonds is 1. The van der Waals surface area contributed by atoms with E-state index in [1.807, 2.05) is 13.1 Å². The first kappa shape index (κ1) is 11.3. The second kappa shape index (κ2) is 3.96. The quantitative estimate of drug-likeness (QED) is 0.680. The highest BCUT2D eigenvalue weighted by atomic mass is 19.1. The van der Waals surface area contributed by atoms with Crippen molar-refractivity contribution in [3.05, 3.63) is 65.4 Å². The number of hydrogen-bond donors (Lipinski definition) is 0. The Morgan fingerprint density at radius 1 is 1.25 bits per heavy atom. The van der Waals surface area contributed by atoms with Crippen LogP contribution in [-0.4, -0.2) is 19.4 Å². The fourth-order valence-corrected chi connectivity index (χ4v) is 2.64. The van der Waals surface area contributed by atoms with Crippen molar-refractivity contribution in [1.29, 1.82) is 0 Å². The standard InChI is InChI=1S/C15H11FN4/c1-9-5-18-15-13(16)4-10(7-20(9)15)11-2-3-14-12(11)6-17-8-19-14/h2,4-8H,3H2,1H3. The zero-order valence-electron chi connectivity index (χ0n) is 10.8. The number of halogens is 1. The highest BCUT2D eigenvalue weighted by Gasteiger charge is 2.18. The summed E-state index contributed by atoms with van der Waals surface area (Å²) in [6, 6.07) is 1.52. The van der Waals surface area contributed by atoms with Crippen molar-refractivity contribution >= 4 is 11.2 Å². The van der Waals surface area contributed by atoms with Gasteiger partial charge in [-0.15, -0.1) is 0 Å². The summed E-state index contributed by atoms with van der Waals surface area (Å²) in [6.07, 6.45) is 9.72. The lowest BCUT2D eigenvalue weighted by molar-refractivity contribution is 0.629. The molecular formula is C15H11FN4. The predicted molar refractivity (Wildman–Crippen MR) is 72.7 cm³/mol. The lowest BCUT2D eigenvalue weighted by Gasteiger charge is -2.07. The molecule has 3 aromatic heterocycles. The molecule has 20 heavy (non-hydrogen) atoms. The number of nitrogens with zero attached hydrogens (tertiary/aromatic N) is 4. The molecular weight excluding hydrogens is 255 g/mol. The van der Waals surface area contributed by atoms with Crippen molar-refractivity contribution < 1.29 is 4.39 Å². The SMILES string of the molecule is Cc1cnc2c(F)cc(C3=CCc4ncncc43)cn12. The van der Waals surface area contributed by atoms with Crippen LogP contribution < -0.4 is 0 Å². The van der Waals surface area contributed by atoms with Crippen molar-refractivity contribution in [1.82, 2.24) is 19.4 Å². The van der Waals surface area contributed by atoms with Crippen molar-refractivity contribution in [2.75, 3.05) is 0 Å². The van der Waals surface area contributed by atoms with E-state index in [1.54, 1.807) is 23.1 Å². The van der Waals surface area contributed by atoms with Gasteiger partial charge in [-0.3, -0.25) is 0 Å². The Hall–Kier alpha value is -2.56. The summed E-state index contributed by atoms with van der Waals surface area (Å²) in [4.78, 5) is 12.4. The maximum Gasteiger partial charge on any atom is 0.173 e. The summed E-state index contributed by atoms with van der Waals surface area (Å²) in [5, 5.41) is 0. The van der Waals surface area contributed by atoms with Gasteiger partial charge >= 0.3 is 0 Å². The molecule has 3 heterocycles. The van der Waals surface area contributed by atoms with Gasteiger partial charge in [0.05, 0.1) is 5.69 Å². The largest absolute Gasteiger partial charge is 0.301 e. The van der Waals surface area contributed by atoms with Crippen LogP contribution in [0.2, 0.25) is 0 Å². The fraction of sp³-hybridized carbons (Fsp3) is 0.133. The molecule has 1 aliphatic rings. The third-order valence-corrected chi connectivity index (χ3v) is 3.64. The highest BCUT2D eigenvalue weighted by Crippen LogP contribution is 2.31. The van der Waals surface area contributed by atoms with Crippen molar-refractivity contribution in [2.24, 2.45) is 0 Å². The van der Waals surface area contributed by atoms with Crippen LogP contribution in [0.15, 0.2) is 37.1 Å². The summed E-state index contributed by atoms with van der Waals surface area (Å²) < 4.78 is 15.9. The Morgan fingerprint density at radius 2 is 2.15 bits per heavy atom. The van der Waals surface area contributed by atoms with Crippen LogP contribution in [0.1, 0.15) is 22.5 Å². The fourth-order valence-electron chi connectivity index (χ4n) is 2.64. The maximum atomic E-state index is 14.1. The van der Waals surface area contributed by atoms with Gasteiger partial charge in [-0.05, 0) is 18.6 Å². The number of aromatic nitrogens is 4. The molecule has 0 spiro atoms. The van der Waals surface area contributed by atoms with Crippen molar-refractivity contribution in [2.45, 2.75) is 13.3 Å². The summed E-state index contributed by atoms with van der Waals surface area (Å²) >= 11 is 0. The van der Waals surface area contributed by atoms with E-state index in [2.05, 4.69) is 21.0 Å². The molecule has 4 nitrogen and oxygen atoms in total. The molecule has 1 aliphatic carbocycles. The minimum Gasteiger partial charge on any atom is -0.301 e. The van der Waals surface area contributed by atoms with Crippen LogP contribution in [-0.2, 0) is 6.42 Å². The maximum absolute atomic E-state index is 14.1. The first-order valence-corrected chi connectivity index (χ1v) is 6.37. The molecule has 0 fully saturated rings. The number of pyridine rings is 1. The molecule has 98 valence electrons. The van der Waals surface area contributed by atoms with Crippen molar-refractivity contribution in [3.8, 4) is 0 Å². The molecule has 0 aromatic carbocycles. The molecule has 4 rings (SSSR count). The van der Waals surface area contributed by atoms with E-state index >= 15 is 0 Å². The summed E-state index contributed by atoms with van der Waals surface area (Å²) in [5.41, 5.74) is 5.03. The van der Waals surface area contributed by atoms with Crippen LogP contribution in [0.5, 0.6) is 0 Å². The first-order valence-electron chi connectivity index (χ1n) is 6.37. The highest BCUT2D eigenvalue weighted by molar-refractivity contribution is 5.83. The van der Waals surface area contributed by atoms with Crippen LogP contribution in [0.4, 0.5) is 4.39 Å². The van der Waals surface area contributed by atoms with Gasteiger partial charge < -0.3 is 4.40 Å². The molecule has 3 aromatic rings. The van der Waals surface area contributed by atoms with E-state index in [4.69, 9.17) is 0 Å². The zero-order valence-corrected chi connectivity index (χ0v) is 10.8. The molecule has 0 aliphatic heterocycles. The molecule has 0 unspecified atom stereocenters. The number of aryl methyl sites for hydroxylation is 1. The Labute approximate surface area is 114 Å². The number of allylic oxidation sites excluding steroid dienone is 1. The van der Waals surface area contributed by atoms with E-state index in [9.17, 15) is 4.39 Å². The summed E-state index contributed by atoms with van der Waals surface area (Å²) in [6.45, 7) is 1.91. The first-order chi connectivity index (χ1) is 9.74. The second-order valence-electron chi connectivity index (χ2n) is 4.87. The topological polar surface area (TPSA) is 43.1 Å². The summed E-state index contributed by atoms with van der Waals surface area (Å²) in [7, 11) is 0. The minimum absolute atomic E-state index is 0.318. The number of hydrogen-bond acceptors (Lipinski definition) is 3. The molecule has 5 heteroatoms. The van der Waals surface area contributed by atoms with Gasteiger partial charge in [0.1, 0.15) is 6.33 Å². The average Bonchev–Trinajstić information content (AvgIpc) is 3.03. The molecule has 0 atom stereocenters. The van der Waals surface area contributed by atoms with Crippen LogP contribution >= 0.6 is 0 Å². The molecule has 0 N–H and O–H groups in total. The number of fused-ring (bicyclic) bond motifs is 2. The molecule has 0 radical (unpaired) electrons. The lowest BCUT2D eigenvalue weighted by atomic mass is 10.0. The van der Waals surface area contributed by atoms with Gasteiger partial charge in [0.15, 0.2) is 11.5 Å². The Morgan fingerprint density at radius 3 is 3.05 bits per heavy atom. The Kier molecular flexibility index (Phi) is 2.24. The summed E-state index contributed by atoms with van der Waals surface area (Å²) in [5.74, 6) is -0.318. The van der Waals surface area contributed by atoms with Gasteiger partial charge in [-0.1, -0.05) is 6.08 Å². The van der Waals surface area contributed by atoms with Gasteiger partial charge in [0, 0.05) is 41.8 Å². The van der Waals surface area contributed by atoms with Gasteiger partial charge in [0.2, 0.25) is 0 Å². The molecule has 0 saturated carbocycles. The third kappa shape index (κ3) is 1.49. The molecule has 0 saturated heterocycles. The van der Waals surface area contributed by atoms with Gasteiger partial charge in [0.25, 0.3) is 0 Å². The Bertz CT molecular complexity index is 863. The van der Waals surface area contributed by atoms with Crippen LogP contribution in [0.25, 0.3) is 11.2 Å². The second-order valence-corrected chi connectivity index (χ2v) is 4.87. The predicted octanol–water partition coefficient (Wildman–Crippen LogP) is 2.56. The average molecular weight is 266 g/mol. The monoisotopic (exact) mass is 266 g/mol. The van der Waals surface area contributed by atoms with E-state index < -0.39 is 0 Å². The van der Waals surface area contributed by atoms with E-state index in [0.717, 1.165) is 34.5 Å². The normalized spacial score (nSPS) is 13.6. The van der Waals surface area contributed by atoms with Crippen molar-refractivity contribution in [3.63, 3.8) is 0 Å². The molecule has 0 bridgehead atoms. The minimum atomic E-state index is -0.318. The van der Waals surface area contributed by atoms with Gasteiger partial charge in [-0.2, -0.15) is 0 Å².